The van der Waals surface area contributed by atoms with Crippen molar-refractivity contribution < 1.29 is 33.8 Å². The highest BCUT2D eigenvalue weighted by Crippen LogP contribution is 2.49. The van der Waals surface area contributed by atoms with E-state index in [1.807, 2.05) is 52.0 Å². The van der Waals surface area contributed by atoms with Crippen LogP contribution < -0.4 is 15.1 Å². The van der Waals surface area contributed by atoms with E-state index in [1.54, 1.807) is 12.1 Å². The molecule has 3 aromatic rings. The summed E-state index contributed by atoms with van der Waals surface area (Å²) in [5, 5.41) is 19.7. The number of amides is 1. The molecule has 0 saturated carbocycles. The summed E-state index contributed by atoms with van der Waals surface area (Å²) in [5.41, 5.74) is 1.66. The summed E-state index contributed by atoms with van der Waals surface area (Å²) < 4.78 is 23.6. The van der Waals surface area contributed by atoms with E-state index in [-0.39, 0.29) is 29.6 Å². The van der Waals surface area contributed by atoms with Gasteiger partial charge in [-0.25, -0.2) is 9.69 Å². The lowest BCUT2D eigenvalue weighted by atomic mass is 9.79. The van der Waals surface area contributed by atoms with Crippen LogP contribution in [0.3, 0.4) is 0 Å². The summed E-state index contributed by atoms with van der Waals surface area (Å²) >= 11 is 0. The number of hydrogen-bond acceptors (Lipinski definition) is 7. The molecular weight excluding hydrogens is 449 g/mol. The number of carbonyl (C=O) groups excluding carboxylic acids is 1. The molecule has 2 N–H and O–H groups in total. The van der Waals surface area contributed by atoms with Crippen molar-refractivity contribution in [2.75, 3.05) is 4.90 Å². The highest BCUT2D eigenvalue weighted by atomic mass is 16.7. The number of aromatic hydroxyl groups is 2. The molecule has 1 fully saturated rings. The Morgan fingerprint density at radius 2 is 1.37 bits per heavy atom. The monoisotopic (exact) mass is 475 g/mol. The topological polar surface area (TPSA) is 97.7 Å². The first-order valence-electron chi connectivity index (χ1n) is 11.3. The van der Waals surface area contributed by atoms with E-state index in [0.717, 1.165) is 11.0 Å². The molecular formula is C26H26BNO7. The van der Waals surface area contributed by atoms with Gasteiger partial charge in [0.05, 0.1) is 22.6 Å². The molecule has 3 aromatic carbocycles. The summed E-state index contributed by atoms with van der Waals surface area (Å²) in [6.45, 7) is 8.06. The average Bonchev–Trinajstić information content (AvgIpc) is 3.02. The van der Waals surface area contributed by atoms with E-state index >= 15 is 0 Å². The van der Waals surface area contributed by atoms with Crippen LogP contribution in [-0.4, -0.2) is 34.6 Å². The molecule has 0 aromatic heterocycles. The minimum absolute atomic E-state index is 0.0113. The van der Waals surface area contributed by atoms with E-state index in [2.05, 4.69) is 0 Å². The third-order valence-corrected chi connectivity index (χ3v) is 6.64. The Labute approximate surface area is 203 Å². The molecule has 5 rings (SSSR count). The van der Waals surface area contributed by atoms with Crippen molar-refractivity contribution in [3.63, 3.8) is 0 Å². The number of phenols is 2. The summed E-state index contributed by atoms with van der Waals surface area (Å²) in [7, 11) is -0.467. The number of benzene rings is 3. The normalized spacial score (nSPS) is 17.4. The number of anilines is 2. The molecule has 2 aliphatic rings. The zero-order chi connectivity index (χ0) is 25.0. The van der Waals surface area contributed by atoms with Crippen LogP contribution in [-0.2, 0) is 20.7 Å². The van der Waals surface area contributed by atoms with Crippen LogP contribution in [0.5, 0.6) is 23.0 Å². The molecule has 1 amide bonds. The van der Waals surface area contributed by atoms with Gasteiger partial charge in [0, 0.05) is 12.1 Å². The van der Waals surface area contributed by atoms with Crippen LogP contribution in [0.25, 0.3) is 0 Å². The smallest absolute Gasteiger partial charge is 0.494 e. The molecule has 0 spiro atoms. The van der Waals surface area contributed by atoms with Crippen molar-refractivity contribution in [2.24, 2.45) is 0 Å². The van der Waals surface area contributed by atoms with Gasteiger partial charge in [-0.2, -0.15) is 0 Å². The molecule has 0 aliphatic carbocycles. The third-order valence-electron chi connectivity index (χ3n) is 6.64. The Balaban J connectivity index is 1.32. The maximum atomic E-state index is 13.2. The second kappa shape index (κ2) is 8.21. The van der Waals surface area contributed by atoms with E-state index in [9.17, 15) is 15.0 Å². The number of nitrogens with zero attached hydrogens (tertiary/aromatic N) is 1. The zero-order valence-corrected chi connectivity index (χ0v) is 19.9. The Kier molecular flexibility index (Phi) is 5.42. The second-order valence-electron chi connectivity index (χ2n) is 9.63. The fourth-order valence-corrected chi connectivity index (χ4v) is 3.94. The van der Waals surface area contributed by atoms with Gasteiger partial charge in [-0.3, -0.25) is 0 Å². The van der Waals surface area contributed by atoms with Crippen molar-refractivity contribution in [3.8, 4) is 23.0 Å². The maximum absolute atomic E-state index is 13.2. The summed E-state index contributed by atoms with van der Waals surface area (Å²) in [6.07, 6.45) is -0.623. The van der Waals surface area contributed by atoms with Gasteiger partial charge in [-0.05, 0) is 63.0 Å². The van der Waals surface area contributed by atoms with Crippen molar-refractivity contribution >= 4 is 30.0 Å². The minimum atomic E-state index is -0.623. The van der Waals surface area contributed by atoms with Crippen LogP contribution >= 0.6 is 0 Å². The van der Waals surface area contributed by atoms with Crippen LogP contribution in [0.2, 0.25) is 0 Å². The molecule has 1 saturated heterocycles. The summed E-state index contributed by atoms with van der Waals surface area (Å²) in [6, 6.07) is 16.4. The molecule has 8 nitrogen and oxygen atoms in total. The first kappa shape index (κ1) is 23.1. The van der Waals surface area contributed by atoms with Gasteiger partial charge in [-0.1, -0.05) is 24.3 Å². The largest absolute Gasteiger partial charge is 0.508 e. The van der Waals surface area contributed by atoms with Crippen molar-refractivity contribution in [1.29, 1.82) is 0 Å². The van der Waals surface area contributed by atoms with Gasteiger partial charge in [-0.15, -0.1) is 0 Å². The lowest BCUT2D eigenvalue weighted by molar-refractivity contribution is 0.00578. The van der Waals surface area contributed by atoms with Crippen LogP contribution in [0.1, 0.15) is 33.3 Å². The molecule has 2 aliphatic heterocycles. The van der Waals surface area contributed by atoms with Gasteiger partial charge in [0.1, 0.15) is 18.1 Å². The van der Waals surface area contributed by atoms with Gasteiger partial charge in [0.25, 0.3) is 0 Å². The lowest BCUT2D eigenvalue weighted by Crippen LogP contribution is -2.41. The van der Waals surface area contributed by atoms with Gasteiger partial charge >= 0.3 is 13.2 Å². The quantitative estimate of drug-likeness (QED) is 0.516. The predicted molar refractivity (Wildman–Crippen MR) is 131 cm³/mol. The molecule has 0 unspecified atom stereocenters. The number of hydrogen-bond donors (Lipinski definition) is 2. The number of rotatable bonds is 3. The first-order valence-corrected chi connectivity index (χ1v) is 11.3. The standard InChI is InChI=1S/C26H26BNO7/c1-25(2)26(3,4)35-27(34-25)17-7-5-16(6-8-17)15-32-24(31)28-20-11-9-18(29)13-22(20)33-23-14-19(30)10-12-21(23)28/h5-14,29-30H,15H2,1-4H3. The number of ether oxygens (including phenoxy) is 2. The Morgan fingerprint density at radius 3 is 1.89 bits per heavy atom. The Hall–Kier alpha value is -3.69. The molecule has 180 valence electrons. The highest BCUT2D eigenvalue weighted by Gasteiger charge is 2.51. The molecule has 9 heteroatoms. The molecule has 2 heterocycles. The van der Waals surface area contributed by atoms with E-state index in [4.69, 9.17) is 18.8 Å². The first-order chi connectivity index (χ1) is 16.5. The second-order valence-corrected chi connectivity index (χ2v) is 9.63. The minimum Gasteiger partial charge on any atom is -0.508 e. The number of phenolic OH excluding ortho intramolecular Hbond substituents is 2. The van der Waals surface area contributed by atoms with Crippen molar-refractivity contribution in [1.82, 2.24) is 0 Å². The number of carbonyl (C=O) groups is 1. The zero-order valence-electron chi connectivity index (χ0n) is 19.9. The fraction of sp³-hybridized carbons (Fsp3) is 0.269. The lowest BCUT2D eigenvalue weighted by Gasteiger charge is -2.32. The fourth-order valence-electron chi connectivity index (χ4n) is 3.94. The van der Waals surface area contributed by atoms with Crippen LogP contribution in [0.15, 0.2) is 60.7 Å². The van der Waals surface area contributed by atoms with E-state index in [0.29, 0.717) is 11.4 Å². The summed E-state index contributed by atoms with van der Waals surface area (Å²) in [5.74, 6) is 0.518. The maximum Gasteiger partial charge on any atom is 0.494 e. The average molecular weight is 475 g/mol. The van der Waals surface area contributed by atoms with Gasteiger partial charge < -0.3 is 29.0 Å². The Bertz CT molecular complexity index is 1220. The van der Waals surface area contributed by atoms with Crippen molar-refractivity contribution in [3.05, 3.63) is 66.2 Å². The SMILES string of the molecule is CC1(C)OB(c2ccc(COC(=O)N3c4ccc(O)cc4Oc4cc(O)ccc43)cc2)OC1(C)C. The molecule has 0 atom stereocenters. The molecule has 0 bridgehead atoms. The van der Waals surface area contributed by atoms with Crippen molar-refractivity contribution in [2.45, 2.75) is 45.5 Å². The van der Waals surface area contributed by atoms with Gasteiger partial charge in [0.15, 0.2) is 11.5 Å². The summed E-state index contributed by atoms with van der Waals surface area (Å²) in [4.78, 5) is 14.5. The van der Waals surface area contributed by atoms with Crippen LogP contribution in [0.4, 0.5) is 16.2 Å². The highest BCUT2D eigenvalue weighted by molar-refractivity contribution is 6.62. The van der Waals surface area contributed by atoms with Crippen LogP contribution in [0, 0.1) is 0 Å². The van der Waals surface area contributed by atoms with E-state index in [1.165, 1.54) is 29.2 Å². The molecule has 35 heavy (non-hydrogen) atoms. The van der Waals surface area contributed by atoms with Gasteiger partial charge in [0.2, 0.25) is 0 Å². The third kappa shape index (κ3) is 4.17. The number of fused-ring (bicyclic) bond motifs is 2. The molecule has 0 radical (unpaired) electrons. The van der Waals surface area contributed by atoms with E-state index < -0.39 is 24.4 Å². The Morgan fingerprint density at radius 1 is 0.857 bits per heavy atom. The predicted octanol–water partition coefficient (Wildman–Crippen LogP) is 4.98.